The molecule has 3 aromatic carbocycles. The first kappa shape index (κ1) is 24.6. The van der Waals surface area contributed by atoms with E-state index in [1.165, 1.54) is 0 Å². The lowest BCUT2D eigenvalue weighted by molar-refractivity contribution is -0.143. The fourth-order valence-electron chi connectivity index (χ4n) is 4.42. The van der Waals surface area contributed by atoms with E-state index < -0.39 is 23.0 Å². The van der Waals surface area contributed by atoms with E-state index in [4.69, 9.17) is 18.9 Å². The van der Waals surface area contributed by atoms with Crippen LogP contribution in [0.25, 0.3) is 0 Å². The highest BCUT2D eigenvalue weighted by Gasteiger charge is 2.53. The van der Waals surface area contributed by atoms with Crippen LogP contribution in [-0.2, 0) is 19.9 Å². The summed E-state index contributed by atoms with van der Waals surface area (Å²) in [4.78, 5) is 37.8. The molecule has 37 heavy (non-hydrogen) atoms. The zero-order chi connectivity index (χ0) is 26.7. The number of hydrogen-bond acceptors (Lipinski definition) is 7. The lowest BCUT2D eigenvalue weighted by Crippen LogP contribution is -2.33. The largest absolute Gasteiger partial charge is 0.456 e. The van der Waals surface area contributed by atoms with E-state index in [1.807, 2.05) is 19.1 Å². The Morgan fingerprint density at radius 2 is 1.41 bits per heavy atom. The molecule has 0 radical (unpaired) electrons. The molecule has 0 bridgehead atoms. The molecule has 5 rings (SSSR count). The molecular formula is C30H28O7. The molecular weight excluding hydrogens is 472 g/mol. The van der Waals surface area contributed by atoms with Gasteiger partial charge in [-0.3, -0.25) is 9.59 Å². The van der Waals surface area contributed by atoms with Crippen molar-refractivity contribution in [1.29, 1.82) is 0 Å². The van der Waals surface area contributed by atoms with Gasteiger partial charge in [-0.15, -0.1) is 0 Å². The van der Waals surface area contributed by atoms with Crippen molar-refractivity contribution < 1.29 is 33.3 Å². The maximum Gasteiger partial charge on any atom is 0.340 e. The first-order chi connectivity index (χ1) is 17.4. The predicted molar refractivity (Wildman–Crippen MR) is 135 cm³/mol. The Labute approximate surface area is 215 Å². The molecule has 0 N–H and O–H groups in total. The normalized spacial score (nSPS) is 17.4. The van der Waals surface area contributed by atoms with Gasteiger partial charge in [0.25, 0.3) is 0 Å². The van der Waals surface area contributed by atoms with Crippen molar-refractivity contribution in [1.82, 2.24) is 0 Å². The van der Waals surface area contributed by atoms with E-state index in [0.29, 0.717) is 45.3 Å². The summed E-state index contributed by atoms with van der Waals surface area (Å²) in [6, 6.07) is 15.6. The van der Waals surface area contributed by atoms with Crippen LogP contribution in [-0.4, -0.2) is 17.9 Å². The van der Waals surface area contributed by atoms with Gasteiger partial charge in [-0.1, -0.05) is 31.5 Å². The maximum atomic E-state index is 13.1. The van der Waals surface area contributed by atoms with Crippen LogP contribution in [0.3, 0.4) is 0 Å². The van der Waals surface area contributed by atoms with Crippen molar-refractivity contribution in [2.45, 2.75) is 47.1 Å². The number of fused-ring (bicyclic) bond motifs is 6. The van der Waals surface area contributed by atoms with Gasteiger partial charge in [0.2, 0.25) is 0 Å². The van der Waals surface area contributed by atoms with Crippen LogP contribution in [0.15, 0.2) is 54.6 Å². The van der Waals surface area contributed by atoms with Gasteiger partial charge >= 0.3 is 17.9 Å². The summed E-state index contributed by atoms with van der Waals surface area (Å²) in [6.07, 6.45) is 0. The Hall–Kier alpha value is -4.13. The number of carbonyl (C=O) groups excluding carboxylic acids is 3. The Kier molecular flexibility index (Phi) is 5.62. The molecule has 3 aromatic rings. The van der Waals surface area contributed by atoms with Crippen LogP contribution < -0.4 is 14.2 Å². The zero-order valence-corrected chi connectivity index (χ0v) is 21.6. The lowest BCUT2D eigenvalue weighted by Gasteiger charge is -2.36. The molecule has 0 saturated heterocycles. The first-order valence-corrected chi connectivity index (χ1v) is 12.2. The summed E-state index contributed by atoms with van der Waals surface area (Å²) in [6.45, 7) is 10.7. The second-order valence-corrected chi connectivity index (χ2v) is 10.8. The second kappa shape index (κ2) is 8.47. The van der Waals surface area contributed by atoms with E-state index in [2.05, 4.69) is 0 Å². The van der Waals surface area contributed by atoms with E-state index in [0.717, 1.165) is 5.56 Å². The molecule has 0 aliphatic carbocycles. The quantitative estimate of drug-likeness (QED) is 0.318. The Morgan fingerprint density at radius 3 is 1.97 bits per heavy atom. The zero-order valence-electron chi connectivity index (χ0n) is 21.6. The third-order valence-electron chi connectivity index (χ3n) is 6.42. The van der Waals surface area contributed by atoms with E-state index in [1.54, 1.807) is 77.1 Å². The van der Waals surface area contributed by atoms with Gasteiger partial charge in [0, 0.05) is 28.8 Å². The predicted octanol–water partition coefficient (Wildman–Crippen LogP) is 6.08. The molecule has 1 unspecified atom stereocenters. The third-order valence-corrected chi connectivity index (χ3v) is 6.42. The van der Waals surface area contributed by atoms with Crippen molar-refractivity contribution in [3.05, 3.63) is 82.4 Å². The molecule has 2 aliphatic heterocycles. The van der Waals surface area contributed by atoms with Crippen LogP contribution in [0.1, 0.15) is 67.2 Å². The number of esters is 3. The summed E-state index contributed by atoms with van der Waals surface area (Å²) in [7, 11) is 0. The number of ether oxygens (including phenoxy) is 4. The second-order valence-electron chi connectivity index (χ2n) is 10.8. The average Bonchev–Trinajstić information content (AvgIpc) is 3.10. The molecule has 2 aliphatic rings. The summed E-state index contributed by atoms with van der Waals surface area (Å²) in [5.41, 5.74) is 1.30. The van der Waals surface area contributed by atoms with Gasteiger partial charge in [-0.05, 0) is 58.0 Å². The van der Waals surface area contributed by atoms with Gasteiger partial charge in [-0.2, -0.15) is 0 Å². The van der Waals surface area contributed by atoms with Gasteiger partial charge < -0.3 is 18.9 Å². The summed E-state index contributed by atoms with van der Waals surface area (Å²) in [5.74, 6) is -0.203. The molecule has 1 spiro atoms. The topological polar surface area (TPSA) is 88.1 Å². The smallest absolute Gasteiger partial charge is 0.340 e. The van der Waals surface area contributed by atoms with Crippen LogP contribution in [0.2, 0.25) is 0 Å². The minimum absolute atomic E-state index is 0.299. The highest BCUT2D eigenvalue weighted by Crippen LogP contribution is 2.57. The van der Waals surface area contributed by atoms with Crippen molar-refractivity contribution in [3.63, 3.8) is 0 Å². The summed E-state index contributed by atoms with van der Waals surface area (Å²) >= 11 is 0. The van der Waals surface area contributed by atoms with Crippen molar-refractivity contribution >= 4 is 17.9 Å². The van der Waals surface area contributed by atoms with Gasteiger partial charge in [-0.25, -0.2) is 4.79 Å². The van der Waals surface area contributed by atoms with Gasteiger partial charge in [0.05, 0.1) is 16.9 Å². The molecule has 7 heteroatoms. The van der Waals surface area contributed by atoms with Gasteiger partial charge in [0.15, 0.2) is 5.60 Å². The van der Waals surface area contributed by atoms with E-state index in [9.17, 15) is 14.4 Å². The van der Waals surface area contributed by atoms with E-state index in [-0.39, 0.29) is 11.9 Å². The van der Waals surface area contributed by atoms with Crippen molar-refractivity contribution in [2.75, 3.05) is 0 Å². The van der Waals surface area contributed by atoms with Crippen LogP contribution in [0, 0.1) is 18.3 Å². The lowest BCUT2D eigenvalue weighted by atomic mass is 9.77. The average molecular weight is 501 g/mol. The Morgan fingerprint density at radius 1 is 0.838 bits per heavy atom. The van der Waals surface area contributed by atoms with Crippen LogP contribution >= 0.6 is 0 Å². The molecule has 2 heterocycles. The third kappa shape index (κ3) is 4.04. The number of benzene rings is 3. The molecule has 190 valence electrons. The Bertz CT molecular complexity index is 1460. The highest BCUT2D eigenvalue weighted by molar-refractivity contribution is 5.97. The molecule has 7 nitrogen and oxygen atoms in total. The Balaban J connectivity index is 1.68. The first-order valence-electron chi connectivity index (χ1n) is 12.2. The minimum Gasteiger partial charge on any atom is -0.456 e. The van der Waals surface area contributed by atoms with Crippen LogP contribution in [0.4, 0.5) is 0 Å². The highest BCUT2D eigenvalue weighted by atomic mass is 16.6. The van der Waals surface area contributed by atoms with Crippen molar-refractivity contribution in [2.24, 2.45) is 11.3 Å². The molecule has 0 amide bonds. The number of rotatable bonds is 3. The maximum absolute atomic E-state index is 13.1. The fourth-order valence-corrected chi connectivity index (χ4v) is 4.42. The number of hydrogen-bond donors (Lipinski definition) is 0. The van der Waals surface area contributed by atoms with Crippen molar-refractivity contribution in [3.8, 4) is 23.0 Å². The molecule has 1 atom stereocenters. The summed E-state index contributed by atoms with van der Waals surface area (Å²) in [5, 5.41) is 0. The molecule has 0 fully saturated rings. The monoisotopic (exact) mass is 500 g/mol. The minimum atomic E-state index is -1.28. The van der Waals surface area contributed by atoms with E-state index >= 15 is 0 Å². The summed E-state index contributed by atoms with van der Waals surface area (Å²) < 4.78 is 23.5. The number of aryl methyl sites for hydroxylation is 1. The SMILES string of the molecule is Cc1ccc2c(c1)C(=O)OC21c2ccc(OC(=O)C(C)C)cc2Oc2cc(OC(=O)C(C)(C)C)ccc21. The standard InChI is InChI=1S/C30H28O7/c1-16(2)26(31)34-18-8-11-22-24(14-18)36-25-15-19(35-28(33)29(4,5)6)9-12-23(25)30(22)21-10-7-17(3)13-20(21)27(32)37-30/h7-16H,1-6H3. The molecule has 0 saturated carbocycles. The van der Waals surface area contributed by atoms with Crippen LogP contribution in [0.5, 0.6) is 23.0 Å². The molecule has 0 aromatic heterocycles. The fraction of sp³-hybridized carbons (Fsp3) is 0.300. The number of carbonyl (C=O) groups is 3. The van der Waals surface area contributed by atoms with Gasteiger partial charge in [0.1, 0.15) is 23.0 Å².